The quantitative estimate of drug-likeness (QED) is 0.202. The molecular formula is C20H16ClN3O5. The molecule has 3 rings (SSSR count). The second-order valence-electron chi connectivity index (χ2n) is 5.78. The number of benzene rings is 2. The van der Waals surface area contributed by atoms with Gasteiger partial charge in [-0.25, -0.2) is 4.79 Å². The van der Waals surface area contributed by atoms with E-state index in [2.05, 4.69) is 15.5 Å². The van der Waals surface area contributed by atoms with E-state index in [4.69, 9.17) is 20.8 Å². The van der Waals surface area contributed by atoms with Crippen LogP contribution in [0, 0.1) is 0 Å². The first kappa shape index (κ1) is 20.1. The summed E-state index contributed by atoms with van der Waals surface area (Å²) >= 11 is 5.40. The summed E-state index contributed by atoms with van der Waals surface area (Å²) in [5, 5.41) is 14.6. The summed E-state index contributed by atoms with van der Waals surface area (Å²) in [7, 11) is 0. The predicted molar refractivity (Wildman–Crippen MR) is 105 cm³/mol. The smallest absolute Gasteiger partial charge is 0.363 e. The third-order valence-corrected chi connectivity index (χ3v) is 4.08. The van der Waals surface area contributed by atoms with Gasteiger partial charge in [-0.15, -0.1) is 11.6 Å². The molecule has 1 amide bonds. The predicted octanol–water partition coefficient (Wildman–Crippen LogP) is 3.36. The number of alkyl halides is 1. The number of amides is 1. The number of hydrogen-bond acceptors (Lipinski definition) is 7. The molecule has 3 aromatic rings. The second kappa shape index (κ2) is 9.52. The minimum absolute atomic E-state index is 0.109. The van der Waals surface area contributed by atoms with E-state index in [1.165, 1.54) is 0 Å². The van der Waals surface area contributed by atoms with E-state index < -0.39 is 23.7 Å². The minimum Gasteiger partial charge on any atom is -0.448 e. The molecule has 9 heteroatoms. The average Bonchev–Trinajstić information content (AvgIpc) is 3.21. The van der Waals surface area contributed by atoms with Crippen molar-refractivity contribution >= 4 is 35.2 Å². The van der Waals surface area contributed by atoms with Gasteiger partial charge in [0.05, 0.1) is 0 Å². The highest BCUT2D eigenvalue weighted by Gasteiger charge is 2.26. The Hall–Kier alpha value is -3.65. The van der Waals surface area contributed by atoms with Crippen molar-refractivity contribution in [1.29, 1.82) is 0 Å². The standard InChI is InChI=1S/C20H16ClN3O5/c21-11-16(25)23-20-22-15(12-28-20)17(24-27)19(26)29-18(13-7-3-1-4-8-13)14-9-5-2-6-10-14/h1-10,12,18,27H,11H2,(H,22,23,25). The summed E-state index contributed by atoms with van der Waals surface area (Å²) in [5.41, 5.74) is 0.887. The van der Waals surface area contributed by atoms with Gasteiger partial charge in [0.1, 0.15) is 17.8 Å². The maximum absolute atomic E-state index is 12.7. The first-order valence-corrected chi connectivity index (χ1v) is 9.00. The van der Waals surface area contributed by atoms with Crippen LogP contribution in [0.15, 0.2) is 76.5 Å². The Morgan fingerprint density at radius 2 is 1.69 bits per heavy atom. The number of halogens is 1. The maximum Gasteiger partial charge on any atom is 0.363 e. The molecule has 0 spiro atoms. The van der Waals surface area contributed by atoms with Crippen LogP contribution < -0.4 is 5.32 Å². The molecule has 0 bridgehead atoms. The number of carbonyl (C=O) groups excluding carboxylic acids is 2. The van der Waals surface area contributed by atoms with Crippen LogP contribution in [0.5, 0.6) is 0 Å². The Labute approximate surface area is 170 Å². The van der Waals surface area contributed by atoms with Crippen molar-refractivity contribution < 1.29 is 24.0 Å². The molecule has 2 aromatic carbocycles. The molecule has 8 nitrogen and oxygen atoms in total. The number of oxime groups is 1. The first-order chi connectivity index (χ1) is 14.1. The third kappa shape index (κ3) is 4.99. The summed E-state index contributed by atoms with van der Waals surface area (Å²) in [6, 6.07) is 18.1. The van der Waals surface area contributed by atoms with Crippen molar-refractivity contribution in [3.63, 3.8) is 0 Å². The summed E-state index contributed by atoms with van der Waals surface area (Å²) in [4.78, 5) is 27.9. The molecule has 0 radical (unpaired) electrons. The van der Waals surface area contributed by atoms with Gasteiger partial charge in [0.2, 0.25) is 11.6 Å². The van der Waals surface area contributed by atoms with Crippen LogP contribution in [0.1, 0.15) is 22.9 Å². The van der Waals surface area contributed by atoms with Crippen molar-refractivity contribution in [2.45, 2.75) is 6.10 Å². The summed E-state index contributed by atoms with van der Waals surface area (Å²) < 4.78 is 10.7. The van der Waals surface area contributed by atoms with Crippen molar-refractivity contribution in [2.24, 2.45) is 5.16 Å². The van der Waals surface area contributed by atoms with Crippen molar-refractivity contribution in [2.75, 3.05) is 11.2 Å². The number of carbonyl (C=O) groups is 2. The molecule has 1 aromatic heterocycles. The van der Waals surface area contributed by atoms with Gasteiger partial charge in [-0.3, -0.25) is 10.1 Å². The Kier molecular flexibility index (Phi) is 6.59. The van der Waals surface area contributed by atoms with Gasteiger partial charge in [-0.05, 0) is 11.1 Å². The van der Waals surface area contributed by atoms with Crippen LogP contribution in [-0.4, -0.2) is 33.7 Å². The zero-order chi connectivity index (χ0) is 20.6. The van der Waals surface area contributed by atoms with Gasteiger partial charge >= 0.3 is 12.0 Å². The van der Waals surface area contributed by atoms with Crippen molar-refractivity contribution in [3.05, 3.63) is 83.7 Å². The lowest BCUT2D eigenvalue weighted by molar-refractivity contribution is -0.139. The molecule has 0 unspecified atom stereocenters. The van der Waals surface area contributed by atoms with Gasteiger partial charge in [-0.2, -0.15) is 4.98 Å². The normalized spacial score (nSPS) is 11.3. The number of esters is 1. The third-order valence-electron chi connectivity index (χ3n) is 3.84. The zero-order valence-corrected chi connectivity index (χ0v) is 15.7. The van der Waals surface area contributed by atoms with Crippen LogP contribution in [0.3, 0.4) is 0 Å². The van der Waals surface area contributed by atoms with Crippen LogP contribution >= 0.6 is 11.6 Å². The van der Waals surface area contributed by atoms with Gasteiger partial charge in [0.15, 0.2) is 6.10 Å². The molecule has 0 saturated carbocycles. The number of aromatic nitrogens is 1. The van der Waals surface area contributed by atoms with Crippen LogP contribution in [0.4, 0.5) is 6.01 Å². The van der Waals surface area contributed by atoms with Crippen molar-refractivity contribution in [1.82, 2.24) is 4.98 Å². The lowest BCUT2D eigenvalue weighted by atomic mass is 10.0. The lowest BCUT2D eigenvalue weighted by Crippen LogP contribution is -2.22. The van der Waals surface area contributed by atoms with Gasteiger partial charge < -0.3 is 14.4 Å². The highest BCUT2D eigenvalue weighted by Crippen LogP contribution is 2.26. The number of nitrogens with zero attached hydrogens (tertiary/aromatic N) is 2. The van der Waals surface area contributed by atoms with Crippen LogP contribution in [0.25, 0.3) is 0 Å². The number of rotatable bonds is 7. The largest absolute Gasteiger partial charge is 0.448 e. The molecular weight excluding hydrogens is 398 g/mol. The molecule has 29 heavy (non-hydrogen) atoms. The van der Waals surface area contributed by atoms with Crippen LogP contribution in [-0.2, 0) is 14.3 Å². The summed E-state index contributed by atoms with van der Waals surface area (Å²) in [6.07, 6.45) is 0.323. The fraction of sp³-hybridized carbons (Fsp3) is 0.100. The molecule has 0 saturated heterocycles. The summed E-state index contributed by atoms with van der Waals surface area (Å²) in [6.45, 7) is 0. The average molecular weight is 414 g/mol. The topological polar surface area (TPSA) is 114 Å². The fourth-order valence-electron chi connectivity index (χ4n) is 2.54. The van der Waals surface area contributed by atoms with E-state index in [0.717, 1.165) is 17.4 Å². The number of oxazole rings is 1. The van der Waals surface area contributed by atoms with Gasteiger partial charge in [-0.1, -0.05) is 65.8 Å². The maximum atomic E-state index is 12.7. The molecule has 1 heterocycles. The Balaban J connectivity index is 1.84. The highest BCUT2D eigenvalue weighted by atomic mass is 35.5. The molecule has 0 aliphatic carbocycles. The summed E-state index contributed by atoms with van der Waals surface area (Å²) in [5.74, 6) is -1.76. The number of hydrogen-bond donors (Lipinski definition) is 2. The monoisotopic (exact) mass is 413 g/mol. The minimum atomic E-state index is -0.922. The SMILES string of the molecule is O=C(CCl)Nc1nc(C(=NO)C(=O)OC(c2ccccc2)c2ccccc2)co1. The molecule has 148 valence electrons. The van der Waals surface area contributed by atoms with E-state index in [1.807, 2.05) is 60.7 Å². The Morgan fingerprint density at radius 3 is 2.21 bits per heavy atom. The Morgan fingerprint density at radius 1 is 1.10 bits per heavy atom. The van der Waals surface area contributed by atoms with E-state index in [1.54, 1.807) is 0 Å². The number of ether oxygens (including phenoxy) is 1. The van der Waals surface area contributed by atoms with Crippen LogP contribution in [0.2, 0.25) is 0 Å². The molecule has 0 atom stereocenters. The zero-order valence-electron chi connectivity index (χ0n) is 15.0. The van der Waals surface area contributed by atoms with Gasteiger partial charge in [0, 0.05) is 0 Å². The van der Waals surface area contributed by atoms with E-state index >= 15 is 0 Å². The first-order valence-electron chi connectivity index (χ1n) is 8.47. The molecule has 2 N–H and O–H groups in total. The molecule has 0 aliphatic heterocycles. The van der Waals surface area contributed by atoms with Gasteiger partial charge in [0.25, 0.3) is 0 Å². The molecule has 0 fully saturated rings. The molecule has 0 aliphatic rings. The van der Waals surface area contributed by atoms with Crippen molar-refractivity contribution in [3.8, 4) is 0 Å². The number of anilines is 1. The van der Waals surface area contributed by atoms with E-state index in [-0.39, 0.29) is 17.6 Å². The fourth-order valence-corrected chi connectivity index (χ4v) is 2.60. The van der Waals surface area contributed by atoms with E-state index in [9.17, 15) is 14.8 Å². The number of nitrogens with one attached hydrogen (secondary N) is 1. The second-order valence-corrected chi connectivity index (χ2v) is 6.04. The highest BCUT2D eigenvalue weighted by molar-refractivity contribution is 6.42. The lowest BCUT2D eigenvalue weighted by Gasteiger charge is -2.18. The Bertz CT molecular complexity index is 966. The van der Waals surface area contributed by atoms with E-state index in [0.29, 0.717) is 0 Å².